The van der Waals surface area contributed by atoms with Crippen molar-refractivity contribution in [3.63, 3.8) is 0 Å². The molecule has 7 heteroatoms. The minimum absolute atomic E-state index is 0.507. The fourth-order valence-electron chi connectivity index (χ4n) is 5.38. The van der Waals surface area contributed by atoms with Crippen LogP contribution in [0.3, 0.4) is 0 Å². The Morgan fingerprint density at radius 3 is 2.57 bits per heavy atom. The van der Waals surface area contributed by atoms with E-state index in [0.717, 1.165) is 85.8 Å². The standard InChI is InChI=1S/C30H39N5O2/c1-22(8-6-7-19-36)21-33(2)24-13-14-26-25(20-24)30(32-29(31-26)23-11-12-23)35-17-15-34(16-18-35)27-9-4-5-10-28(27)37-3/h4-5,9-10,13-14,19-20,22-23H,6-8,11-12,15-18,21H2,1-3H3/t22-/m1/s1. The highest BCUT2D eigenvalue weighted by molar-refractivity contribution is 5.92. The number of aldehydes is 1. The van der Waals surface area contributed by atoms with E-state index in [0.29, 0.717) is 18.3 Å². The fourth-order valence-corrected chi connectivity index (χ4v) is 5.38. The number of benzene rings is 2. The van der Waals surface area contributed by atoms with E-state index < -0.39 is 0 Å². The van der Waals surface area contributed by atoms with Gasteiger partial charge in [0.15, 0.2) is 0 Å². The summed E-state index contributed by atoms with van der Waals surface area (Å²) in [4.78, 5) is 28.0. The quantitative estimate of drug-likeness (QED) is 0.262. The predicted octanol–water partition coefficient (Wildman–Crippen LogP) is 5.28. The Balaban J connectivity index is 1.37. The molecule has 7 nitrogen and oxygen atoms in total. The van der Waals surface area contributed by atoms with Crippen LogP contribution in [0.15, 0.2) is 42.5 Å². The largest absolute Gasteiger partial charge is 0.495 e. The van der Waals surface area contributed by atoms with Crippen molar-refractivity contribution in [1.82, 2.24) is 9.97 Å². The van der Waals surface area contributed by atoms with Crippen molar-refractivity contribution in [2.45, 2.75) is 44.9 Å². The molecule has 2 aromatic carbocycles. The van der Waals surface area contributed by atoms with Crippen LogP contribution >= 0.6 is 0 Å². The first-order chi connectivity index (χ1) is 18.1. The summed E-state index contributed by atoms with van der Waals surface area (Å²) in [6.45, 7) is 6.87. The molecular formula is C30H39N5O2. The molecule has 0 unspecified atom stereocenters. The molecule has 5 rings (SSSR count). The lowest BCUT2D eigenvalue weighted by Gasteiger charge is -2.37. The fraction of sp³-hybridized carbons (Fsp3) is 0.500. The molecule has 1 saturated heterocycles. The van der Waals surface area contributed by atoms with Gasteiger partial charge in [-0.05, 0) is 61.9 Å². The highest BCUT2D eigenvalue weighted by Crippen LogP contribution is 2.40. The van der Waals surface area contributed by atoms with Crippen LogP contribution in [0.25, 0.3) is 10.9 Å². The van der Waals surface area contributed by atoms with E-state index in [1.165, 1.54) is 18.5 Å². The summed E-state index contributed by atoms with van der Waals surface area (Å²) in [5.41, 5.74) is 3.38. The van der Waals surface area contributed by atoms with Crippen LogP contribution < -0.4 is 19.4 Å². The molecule has 196 valence electrons. The first-order valence-corrected chi connectivity index (χ1v) is 13.7. The van der Waals surface area contributed by atoms with E-state index in [1.807, 2.05) is 12.1 Å². The van der Waals surface area contributed by atoms with E-state index >= 15 is 0 Å². The number of methoxy groups -OCH3 is 1. The maximum absolute atomic E-state index is 10.7. The number of nitrogens with zero attached hydrogens (tertiary/aromatic N) is 5. The van der Waals surface area contributed by atoms with Gasteiger partial charge in [0.2, 0.25) is 0 Å². The third-order valence-electron chi connectivity index (χ3n) is 7.67. The Morgan fingerprint density at radius 2 is 1.84 bits per heavy atom. The molecule has 1 saturated carbocycles. The maximum Gasteiger partial charge on any atom is 0.142 e. The zero-order valence-corrected chi connectivity index (χ0v) is 22.4. The number of aromatic nitrogens is 2. The van der Waals surface area contributed by atoms with Crippen LogP contribution in [0.5, 0.6) is 5.75 Å². The second-order valence-electron chi connectivity index (χ2n) is 10.6. The van der Waals surface area contributed by atoms with Crippen LogP contribution in [0, 0.1) is 5.92 Å². The van der Waals surface area contributed by atoms with Crippen LogP contribution in [-0.2, 0) is 4.79 Å². The maximum atomic E-state index is 10.7. The highest BCUT2D eigenvalue weighted by Gasteiger charge is 2.29. The van der Waals surface area contributed by atoms with Gasteiger partial charge in [-0.25, -0.2) is 9.97 Å². The number of hydrogen-bond acceptors (Lipinski definition) is 7. The van der Waals surface area contributed by atoms with Crippen LogP contribution in [0.1, 0.15) is 50.8 Å². The average molecular weight is 502 g/mol. The van der Waals surface area contributed by atoms with Crippen LogP contribution in [0.2, 0.25) is 0 Å². The topological polar surface area (TPSA) is 61.8 Å². The summed E-state index contributed by atoms with van der Waals surface area (Å²) in [7, 11) is 3.89. The molecule has 1 aliphatic heterocycles. The van der Waals surface area contributed by atoms with Gasteiger partial charge in [-0.3, -0.25) is 0 Å². The molecule has 37 heavy (non-hydrogen) atoms. The van der Waals surface area contributed by atoms with Crippen molar-refractivity contribution >= 4 is 34.4 Å². The molecule has 1 aromatic heterocycles. The zero-order valence-electron chi connectivity index (χ0n) is 22.4. The van der Waals surface area contributed by atoms with Crippen molar-refractivity contribution in [2.75, 3.05) is 61.6 Å². The lowest BCUT2D eigenvalue weighted by Crippen LogP contribution is -2.47. The van der Waals surface area contributed by atoms with E-state index in [4.69, 9.17) is 14.7 Å². The second kappa shape index (κ2) is 11.4. The molecule has 2 fully saturated rings. The summed E-state index contributed by atoms with van der Waals surface area (Å²) >= 11 is 0. The molecular weight excluding hydrogens is 462 g/mol. The number of rotatable bonds is 11. The van der Waals surface area contributed by atoms with Gasteiger partial charge < -0.3 is 24.2 Å². The second-order valence-corrected chi connectivity index (χ2v) is 10.6. The zero-order chi connectivity index (χ0) is 25.8. The number of para-hydroxylation sites is 2. The monoisotopic (exact) mass is 501 g/mol. The van der Waals surface area contributed by atoms with Gasteiger partial charge in [-0.15, -0.1) is 0 Å². The molecule has 2 aliphatic rings. The van der Waals surface area contributed by atoms with Crippen molar-refractivity contribution < 1.29 is 9.53 Å². The molecule has 1 aliphatic carbocycles. The number of carbonyl (C=O) groups is 1. The lowest BCUT2D eigenvalue weighted by molar-refractivity contribution is -0.107. The van der Waals surface area contributed by atoms with E-state index in [2.05, 4.69) is 59.0 Å². The average Bonchev–Trinajstić information content (AvgIpc) is 3.78. The summed E-state index contributed by atoms with van der Waals surface area (Å²) in [5, 5.41) is 1.13. The van der Waals surface area contributed by atoms with Crippen molar-refractivity contribution in [2.24, 2.45) is 5.92 Å². The first-order valence-electron chi connectivity index (χ1n) is 13.7. The molecule has 1 atom stereocenters. The minimum atomic E-state index is 0.507. The van der Waals surface area contributed by atoms with E-state index in [9.17, 15) is 4.79 Å². The third-order valence-corrected chi connectivity index (χ3v) is 7.67. The summed E-state index contributed by atoms with van der Waals surface area (Å²) < 4.78 is 5.61. The third kappa shape index (κ3) is 5.81. The molecule has 0 spiro atoms. The number of hydrogen-bond donors (Lipinski definition) is 0. The van der Waals surface area contributed by atoms with Gasteiger partial charge in [-0.2, -0.15) is 0 Å². The van der Waals surface area contributed by atoms with Crippen molar-refractivity contribution in [3.05, 3.63) is 48.3 Å². The molecule has 2 heterocycles. The van der Waals surface area contributed by atoms with E-state index in [1.54, 1.807) is 7.11 Å². The minimum Gasteiger partial charge on any atom is -0.495 e. The number of anilines is 3. The van der Waals surface area contributed by atoms with E-state index in [-0.39, 0.29) is 0 Å². The Bertz CT molecular complexity index is 1220. The molecule has 0 bridgehead atoms. The van der Waals surface area contributed by atoms with Crippen molar-refractivity contribution in [3.8, 4) is 5.75 Å². The molecule has 0 radical (unpaired) electrons. The Labute approximate surface area is 220 Å². The van der Waals surface area contributed by atoms with Gasteiger partial charge in [0, 0.05) is 63.2 Å². The summed E-state index contributed by atoms with van der Waals surface area (Å²) in [6.07, 6.45) is 6.07. The number of piperazine rings is 1. The summed E-state index contributed by atoms with van der Waals surface area (Å²) in [5.74, 6) is 4.03. The molecule has 0 N–H and O–H groups in total. The number of unbranched alkanes of at least 4 members (excludes halogenated alkanes) is 1. The number of ether oxygens (including phenoxy) is 1. The smallest absolute Gasteiger partial charge is 0.142 e. The Hall–Kier alpha value is -3.35. The highest BCUT2D eigenvalue weighted by atomic mass is 16.5. The Kier molecular flexibility index (Phi) is 7.77. The van der Waals surface area contributed by atoms with Gasteiger partial charge in [0.1, 0.15) is 23.7 Å². The predicted molar refractivity (Wildman–Crippen MR) is 151 cm³/mol. The molecule has 0 amide bonds. The van der Waals surface area contributed by atoms with Gasteiger partial charge in [-0.1, -0.05) is 19.1 Å². The first kappa shape index (κ1) is 25.3. The van der Waals surface area contributed by atoms with Gasteiger partial charge in [0.25, 0.3) is 0 Å². The number of carbonyl (C=O) groups excluding carboxylic acids is 1. The normalized spacial score (nSPS) is 16.6. The summed E-state index contributed by atoms with van der Waals surface area (Å²) in [6, 6.07) is 14.9. The number of fused-ring (bicyclic) bond motifs is 1. The van der Waals surface area contributed by atoms with Crippen molar-refractivity contribution in [1.29, 1.82) is 0 Å². The Morgan fingerprint density at radius 1 is 1.08 bits per heavy atom. The lowest BCUT2D eigenvalue weighted by atomic mass is 10.0. The van der Waals surface area contributed by atoms with Crippen LogP contribution in [-0.4, -0.2) is 63.1 Å². The van der Waals surface area contributed by atoms with Gasteiger partial charge >= 0.3 is 0 Å². The van der Waals surface area contributed by atoms with Crippen LogP contribution in [0.4, 0.5) is 17.2 Å². The SMILES string of the molecule is COc1ccccc1N1CCN(c2nc(C3CC3)nc3ccc(N(C)C[C@H](C)CCCC=O)cc23)CC1. The van der Waals surface area contributed by atoms with Gasteiger partial charge in [0.05, 0.1) is 18.3 Å². The molecule has 3 aromatic rings.